The molecule has 2 aliphatic rings. The van der Waals surface area contributed by atoms with Crippen molar-refractivity contribution in [2.24, 2.45) is 0 Å². The number of anilines is 1. The largest absolute Gasteiger partial charge is 0.321 e. The zero-order valence-electron chi connectivity index (χ0n) is 18.7. The van der Waals surface area contributed by atoms with E-state index in [1.54, 1.807) is 4.68 Å². The summed E-state index contributed by atoms with van der Waals surface area (Å²) < 4.78 is 25.9. The first-order chi connectivity index (χ1) is 15.3. The van der Waals surface area contributed by atoms with Gasteiger partial charge in [-0.1, -0.05) is 25.1 Å². The number of nitrogens with zero attached hydrogens (tertiary/aromatic N) is 3. The number of benzene rings is 1. The first kappa shape index (κ1) is 21.1. The Balaban J connectivity index is 1.62. The summed E-state index contributed by atoms with van der Waals surface area (Å²) in [6, 6.07) is 7.70. The summed E-state index contributed by atoms with van der Waals surface area (Å²) in [6.45, 7) is 5.93. The lowest BCUT2D eigenvalue weighted by atomic mass is 10.0. The lowest BCUT2D eigenvalue weighted by Gasteiger charge is -2.15. The summed E-state index contributed by atoms with van der Waals surface area (Å²) in [6.07, 6.45) is 3.46. The first-order valence-electron chi connectivity index (χ1n) is 11.3. The lowest BCUT2D eigenvalue weighted by Crippen LogP contribution is -2.16. The number of hydrogen-bond donors (Lipinski definition) is 1. The molecule has 0 radical (unpaired) electrons. The van der Waals surface area contributed by atoms with Gasteiger partial charge in [0.1, 0.15) is 0 Å². The molecule has 0 spiro atoms. The van der Waals surface area contributed by atoms with Crippen LogP contribution in [-0.2, 0) is 16.3 Å². The van der Waals surface area contributed by atoms with Crippen molar-refractivity contribution in [2.75, 3.05) is 16.8 Å². The maximum absolute atomic E-state index is 13.6. The summed E-state index contributed by atoms with van der Waals surface area (Å²) in [5.41, 5.74) is 5.75. The molecule has 1 saturated heterocycles. The van der Waals surface area contributed by atoms with Crippen LogP contribution in [0.4, 0.5) is 5.69 Å². The zero-order valence-corrected chi connectivity index (χ0v) is 19.5. The standard InChI is InChI=1S/C24H28N4O3S/c1-4-16-7-5-6-14(2)22(16)26-24(29)19-12-20(17-8-9-17)25-23-21(19)15(3)27-28(23)18-10-11-32(30,31)13-18/h5-7,12,17-18H,4,8-11,13H2,1-3H3,(H,26,29)/t18-/m1/s1. The molecule has 3 heterocycles. The number of nitrogens with one attached hydrogen (secondary N) is 1. The molecule has 2 aromatic heterocycles. The van der Waals surface area contributed by atoms with E-state index in [1.165, 1.54) is 0 Å². The highest BCUT2D eigenvalue weighted by molar-refractivity contribution is 7.91. The predicted octanol–water partition coefficient (Wildman–Crippen LogP) is 4.10. The van der Waals surface area contributed by atoms with Gasteiger partial charge in [0.2, 0.25) is 0 Å². The molecule has 1 aliphatic heterocycles. The molecular formula is C24H28N4O3S. The highest BCUT2D eigenvalue weighted by atomic mass is 32.2. The Morgan fingerprint density at radius 2 is 2.00 bits per heavy atom. The fraction of sp³-hybridized carbons (Fsp3) is 0.458. The number of hydrogen-bond acceptors (Lipinski definition) is 5. The molecule has 3 aromatic rings. The third-order valence-electron chi connectivity index (χ3n) is 6.63. The van der Waals surface area contributed by atoms with E-state index in [4.69, 9.17) is 4.98 Å². The molecule has 1 aromatic carbocycles. The molecule has 1 N–H and O–H groups in total. The fourth-order valence-corrected chi connectivity index (χ4v) is 6.40. The highest BCUT2D eigenvalue weighted by Gasteiger charge is 2.34. The molecular weight excluding hydrogens is 424 g/mol. The quantitative estimate of drug-likeness (QED) is 0.629. The van der Waals surface area contributed by atoms with Gasteiger partial charge in [-0.05, 0) is 56.7 Å². The molecule has 1 aliphatic carbocycles. The van der Waals surface area contributed by atoms with E-state index in [0.29, 0.717) is 34.6 Å². The molecule has 5 rings (SSSR count). The monoisotopic (exact) mass is 452 g/mol. The van der Waals surface area contributed by atoms with Crippen molar-refractivity contribution in [3.8, 4) is 0 Å². The van der Waals surface area contributed by atoms with Crippen LogP contribution in [0.15, 0.2) is 24.3 Å². The Morgan fingerprint density at radius 1 is 1.22 bits per heavy atom. The first-order valence-corrected chi connectivity index (χ1v) is 13.1. The van der Waals surface area contributed by atoms with Crippen molar-refractivity contribution >= 4 is 32.5 Å². The van der Waals surface area contributed by atoms with E-state index in [-0.39, 0.29) is 23.5 Å². The highest BCUT2D eigenvalue weighted by Crippen LogP contribution is 2.41. The molecule has 7 nitrogen and oxygen atoms in total. The van der Waals surface area contributed by atoms with Crippen LogP contribution in [0.3, 0.4) is 0 Å². The zero-order chi connectivity index (χ0) is 22.6. The van der Waals surface area contributed by atoms with Crippen LogP contribution in [0.25, 0.3) is 11.0 Å². The average Bonchev–Trinajstić information content (AvgIpc) is 3.47. The van der Waals surface area contributed by atoms with Gasteiger partial charge in [0.15, 0.2) is 15.5 Å². The van der Waals surface area contributed by atoms with Gasteiger partial charge >= 0.3 is 0 Å². The van der Waals surface area contributed by atoms with Crippen molar-refractivity contribution < 1.29 is 13.2 Å². The minimum Gasteiger partial charge on any atom is -0.321 e. The lowest BCUT2D eigenvalue weighted by molar-refractivity contribution is 0.102. The predicted molar refractivity (Wildman–Crippen MR) is 125 cm³/mol. The summed E-state index contributed by atoms with van der Waals surface area (Å²) in [7, 11) is -3.06. The van der Waals surface area contributed by atoms with Gasteiger partial charge in [-0.15, -0.1) is 0 Å². The maximum Gasteiger partial charge on any atom is 0.256 e. The second-order valence-corrected chi connectivity index (χ2v) is 11.3. The van der Waals surface area contributed by atoms with Gasteiger partial charge in [-0.2, -0.15) is 5.10 Å². The van der Waals surface area contributed by atoms with Gasteiger partial charge in [-0.3, -0.25) is 4.79 Å². The molecule has 8 heteroatoms. The summed E-state index contributed by atoms with van der Waals surface area (Å²) in [5, 5.41) is 8.52. The van der Waals surface area contributed by atoms with Crippen molar-refractivity contribution in [1.82, 2.24) is 14.8 Å². The van der Waals surface area contributed by atoms with Crippen molar-refractivity contribution in [2.45, 2.75) is 58.4 Å². The third-order valence-corrected chi connectivity index (χ3v) is 8.38. The molecule has 32 heavy (non-hydrogen) atoms. The molecule has 168 valence electrons. The summed E-state index contributed by atoms with van der Waals surface area (Å²) >= 11 is 0. The number of aromatic nitrogens is 3. The number of fused-ring (bicyclic) bond motifs is 1. The molecule has 2 fully saturated rings. The van der Waals surface area contributed by atoms with Crippen molar-refractivity contribution in [1.29, 1.82) is 0 Å². The number of rotatable bonds is 5. The number of carbonyl (C=O) groups is 1. The number of para-hydroxylation sites is 1. The Labute approximate surface area is 188 Å². The molecule has 1 saturated carbocycles. The third kappa shape index (κ3) is 3.70. The van der Waals surface area contributed by atoms with E-state index in [1.807, 2.05) is 38.1 Å². The topological polar surface area (TPSA) is 93.9 Å². The van der Waals surface area contributed by atoms with E-state index in [9.17, 15) is 13.2 Å². The van der Waals surface area contributed by atoms with E-state index < -0.39 is 9.84 Å². The Bertz CT molecular complexity index is 1340. The normalized spacial score (nSPS) is 20.0. The Morgan fingerprint density at radius 3 is 2.66 bits per heavy atom. The van der Waals surface area contributed by atoms with E-state index in [2.05, 4.69) is 17.3 Å². The number of aryl methyl sites for hydroxylation is 3. The van der Waals surface area contributed by atoms with E-state index >= 15 is 0 Å². The summed E-state index contributed by atoms with van der Waals surface area (Å²) in [5.74, 6) is 0.417. The molecule has 0 unspecified atom stereocenters. The van der Waals surface area contributed by atoms with Crippen LogP contribution in [0.5, 0.6) is 0 Å². The SMILES string of the molecule is CCc1cccc(C)c1NC(=O)c1cc(C2CC2)nc2c1c(C)nn2[C@@H]1CCS(=O)(=O)C1. The number of sulfone groups is 1. The second kappa shape index (κ2) is 7.69. The van der Waals surface area contributed by atoms with Gasteiger partial charge < -0.3 is 5.32 Å². The minimum atomic E-state index is -3.06. The molecule has 1 amide bonds. The van der Waals surface area contributed by atoms with Gasteiger partial charge in [0, 0.05) is 17.3 Å². The van der Waals surface area contributed by atoms with Gasteiger partial charge in [0.25, 0.3) is 5.91 Å². The van der Waals surface area contributed by atoms with Crippen LogP contribution in [0.2, 0.25) is 0 Å². The molecule has 1 atom stereocenters. The van der Waals surface area contributed by atoms with Crippen LogP contribution in [0, 0.1) is 13.8 Å². The summed E-state index contributed by atoms with van der Waals surface area (Å²) in [4.78, 5) is 18.4. The smallest absolute Gasteiger partial charge is 0.256 e. The molecule has 0 bridgehead atoms. The number of amides is 1. The van der Waals surface area contributed by atoms with Gasteiger partial charge in [-0.25, -0.2) is 18.1 Å². The second-order valence-electron chi connectivity index (χ2n) is 9.07. The van der Waals surface area contributed by atoms with E-state index in [0.717, 1.165) is 41.8 Å². The minimum absolute atomic E-state index is 0.0726. The average molecular weight is 453 g/mol. The fourth-order valence-electron chi connectivity index (χ4n) is 4.71. The van der Waals surface area contributed by atoms with Crippen molar-refractivity contribution in [3.63, 3.8) is 0 Å². The van der Waals surface area contributed by atoms with Crippen molar-refractivity contribution in [3.05, 3.63) is 52.3 Å². The maximum atomic E-state index is 13.6. The Kier molecular flexibility index (Phi) is 5.08. The number of pyridine rings is 1. The van der Waals surface area contributed by atoms with Crippen LogP contribution < -0.4 is 5.32 Å². The Hall–Kier alpha value is -2.74. The number of carbonyl (C=O) groups excluding carboxylic acids is 1. The van der Waals surface area contributed by atoms with Crippen LogP contribution in [-0.4, -0.2) is 40.6 Å². The van der Waals surface area contributed by atoms with Crippen LogP contribution in [0.1, 0.15) is 71.0 Å². The van der Waals surface area contributed by atoms with Gasteiger partial charge in [0.05, 0.1) is 34.2 Å². The van der Waals surface area contributed by atoms with Crippen LogP contribution >= 0.6 is 0 Å².